The number of fused-ring (bicyclic) bond motifs is 1. The highest BCUT2D eigenvalue weighted by Gasteiger charge is 2.24. The monoisotopic (exact) mass is 393 g/mol. The van der Waals surface area contributed by atoms with Crippen molar-refractivity contribution in [3.63, 3.8) is 0 Å². The van der Waals surface area contributed by atoms with Crippen molar-refractivity contribution in [1.29, 1.82) is 5.26 Å². The van der Waals surface area contributed by atoms with E-state index in [9.17, 15) is 10.1 Å². The van der Waals surface area contributed by atoms with Gasteiger partial charge in [-0.3, -0.25) is 4.79 Å². The molecule has 1 amide bonds. The lowest BCUT2D eigenvalue weighted by molar-refractivity contribution is -0.115. The van der Waals surface area contributed by atoms with Gasteiger partial charge >= 0.3 is 0 Å². The molecule has 0 fully saturated rings. The normalized spacial score (nSPS) is 16.8. The van der Waals surface area contributed by atoms with Crippen LogP contribution >= 0.6 is 11.8 Å². The summed E-state index contributed by atoms with van der Waals surface area (Å²) in [6.07, 6.45) is 3.72. The molecule has 1 N–H and O–H groups in total. The van der Waals surface area contributed by atoms with Crippen LogP contribution in [0.5, 0.6) is 0 Å². The number of benzene rings is 1. The Balaban J connectivity index is 1.81. The molecule has 0 saturated heterocycles. The summed E-state index contributed by atoms with van der Waals surface area (Å²) < 4.78 is 0. The van der Waals surface area contributed by atoms with Gasteiger partial charge in [-0.1, -0.05) is 37.7 Å². The fraction of sp³-hybridized carbons (Fsp3) is 0.435. The van der Waals surface area contributed by atoms with Crippen molar-refractivity contribution in [3.05, 3.63) is 52.2 Å². The number of carbonyl (C=O) groups is 1. The Morgan fingerprint density at radius 3 is 2.93 bits per heavy atom. The first-order valence-corrected chi connectivity index (χ1v) is 10.8. The zero-order chi connectivity index (χ0) is 20.3. The number of hydrogen-bond acceptors (Lipinski definition) is 4. The molecule has 2 unspecified atom stereocenters. The van der Waals surface area contributed by atoms with E-state index < -0.39 is 0 Å². The largest absolute Gasteiger partial charge is 0.325 e. The zero-order valence-electron chi connectivity index (χ0n) is 17.0. The number of aryl methyl sites for hydroxylation is 2. The van der Waals surface area contributed by atoms with Crippen LogP contribution in [-0.4, -0.2) is 16.1 Å². The summed E-state index contributed by atoms with van der Waals surface area (Å²) >= 11 is 1.41. The van der Waals surface area contributed by atoms with Gasteiger partial charge in [0.25, 0.3) is 0 Å². The molecule has 1 aliphatic rings. The molecule has 0 saturated carbocycles. The third-order valence-corrected chi connectivity index (χ3v) is 6.86. The molecule has 5 heteroatoms. The van der Waals surface area contributed by atoms with Crippen molar-refractivity contribution >= 4 is 23.4 Å². The number of nitriles is 1. The first kappa shape index (κ1) is 20.4. The van der Waals surface area contributed by atoms with Gasteiger partial charge in [-0.15, -0.1) is 0 Å². The predicted molar refractivity (Wildman–Crippen MR) is 115 cm³/mol. The van der Waals surface area contributed by atoms with Gasteiger partial charge in [-0.05, 0) is 74.3 Å². The predicted octanol–water partition coefficient (Wildman–Crippen LogP) is 5.20. The van der Waals surface area contributed by atoms with E-state index in [0.29, 0.717) is 22.9 Å². The number of rotatable bonds is 5. The minimum absolute atomic E-state index is 0.0433. The van der Waals surface area contributed by atoms with Gasteiger partial charge < -0.3 is 5.32 Å². The number of hydrogen-bond donors (Lipinski definition) is 1. The Morgan fingerprint density at radius 1 is 1.43 bits per heavy atom. The molecule has 1 heterocycles. The number of pyridine rings is 1. The summed E-state index contributed by atoms with van der Waals surface area (Å²) in [5, 5.41) is 13.1. The van der Waals surface area contributed by atoms with Gasteiger partial charge in [-0.25, -0.2) is 4.98 Å². The molecule has 4 nitrogen and oxygen atoms in total. The fourth-order valence-corrected chi connectivity index (χ4v) is 4.55. The van der Waals surface area contributed by atoms with Crippen molar-refractivity contribution in [2.45, 2.75) is 63.7 Å². The lowest BCUT2D eigenvalue weighted by Gasteiger charge is -2.22. The van der Waals surface area contributed by atoms with E-state index >= 15 is 0 Å². The summed E-state index contributed by atoms with van der Waals surface area (Å²) in [5.41, 5.74) is 5.93. The Bertz CT molecular complexity index is 932. The molecule has 146 valence electrons. The van der Waals surface area contributed by atoms with E-state index in [0.717, 1.165) is 41.8 Å². The van der Waals surface area contributed by atoms with Crippen molar-refractivity contribution in [3.8, 4) is 6.07 Å². The molecule has 28 heavy (non-hydrogen) atoms. The summed E-state index contributed by atoms with van der Waals surface area (Å²) in [7, 11) is 0. The Morgan fingerprint density at radius 2 is 2.21 bits per heavy atom. The maximum Gasteiger partial charge on any atom is 0.237 e. The number of carbonyl (C=O) groups excluding carboxylic acids is 1. The van der Waals surface area contributed by atoms with Crippen LogP contribution in [0.15, 0.2) is 29.3 Å². The van der Waals surface area contributed by atoms with Gasteiger partial charge in [0.05, 0.1) is 10.8 Å². The molecule has 0 radical (unpaired) electrons. The number of nitrogens with one attached hydrogen (secondary N) is 1. The van der Waals surface area contributed by atoms with Crippen LogP contribution in [0.25, 0.3) is 0 Å². The van der Waals surface area contributed by atoms with Gasteiger partial charge in [0, 0.05) is 11.4 Å². The molecule has 3 rings (SSSR count). The summed E-state index contributed by atoms with van der Waals surface area (Å²) in [6.45, 7) is 8.28. The number of thioether (sulfide) groups is 1. The molecule has 0 aliphatic heterocycles. The quantitative estimate of drug-likeness (QED) is 0.709. The maximum absolute atomic E-state index is 12.9. The van der Waals surface area contributed by atoms with Crippen LogP contribution in [0.4, 0.5) is 5.69 Å². The second kappa shape index (κ2) is 8.79. The second-order valence-corrected chi connectivity index (χ2v) is 8.85. The van der Waals surface area contributed by atoms with E-state index in [1.165, 1.54) is 17.3 Å². The van der Waals surface area contributed by atoms with Gasteiger partial charge in [0.1, 0.15) is 11.1 Å². The smallest absolute Gasteiger partial charge is 0.237 e. The Kier molecular flexibility index (Phi) is 6.41. The van der Waals surface area contributed by atoms with Crippen LogP contribution in [0, 0.1) is 31.1 Å². The molecule has 2 aromatic rings. The van der Waals surface area contributed by atoms with Crippen molar-refractivity contribution in [1.82, 2.24) is 4.98 Å². The Hall–Kier alpha value is -2.32. The van der Waals surface area contributed by atoms with Crippen molar-refractivity contribution < 1.29 is 4.79 Å². The lowest BCUT2D eigenvalue weighted by atomic mass is 9.87. The van der Waals surface area contributed by atoms with Gasteiger partial charge in [0.15, 0.2) is 0 Å². The standard InChI is InChI=1S/C23H27N3OS/c1-5-21(22(27)25-19-8-6-7-15(3)16(19)4)28-23-18(13-24)12-17-11-14(2)9-10-20(17)26-23/h6-8,12,14,21H,5,9-11H2,1-4H3,(H,25,27). The molecule has 1 aliphatic carbocycles. The molecule has 0 bridgehead atoms. The first-order valence-electron chi connectivity index (χ1n) is 9.89. The number of amides is 1. The van der Waals surface area contributed by atoms with Crippen LogP contribution in [-0.2, 0) is 17.6 Å². The molecule has 2 atom stereocenters. The van der Waals surface area contributed by atoms with E-state index in [4.69, 9.17) is 4.98 Å². The first-order chi connectivity index (χ1) is 13.4. The second-order valence-electron chi connectivity index (χ2n) is 7.66. The Labute approximate surface area is 171 Å². The highest BCUT2D eigenvalue weighted by molar-refractivity contribution is 8.00. The average molecular weight is 394 g/mol. The minimum Gasteiger partial charge on any atom is -0.325 e. The summed E-state index contributed by atoms with van der Waals surface area (Å²) in [4.78, 5) is 17.7. The average Bonchev–Trinajstić information content (AvgIpc) is 2.68. The number of anilines is 1. The van der Waals surface area contributed by atoms with E-state index in [1.807, 2.05) is 45.0 Å². The summed E-state index contributed by atoms with van der Waals surface area (Å²) in [6, 6.07) is 10.2. The van der Waals surface area contributed by atoms with Crippen molar-refractivity contribution in [2.24, 2.45) is 5.92 Å². The molecule has 1 aromatic carbocycles. The molecule has 0 spiro atoms. The maximum atomic E-state index is 12.9. The molecule has 1 aromatic heterocycles. The highest BCUT2D eigenvalue weighted by Crippen LogP contribution is 2.32. The number of nitrogens with zero attached hydrogens (tertiary/aromatic N) is 2. The van der Waals surface area contributed by atoms with Gasteiger partial charge in [-0.2, -0.15) is 5.26 Å². The topological polar surface area (TPSA) is 65.8 Å². The minimum atomic E-state index is -0.292. The highest BCUT2D eigenvalue weighted by atomic mass is 32.2. The van der Waals surface area contributed by atoms with E-state index in [-0.39, 0.29) is 11.2 Å². The number of aromatic nitrogens is 1. The SMILES string of the molecule is CCC(Sc1nc2c(cc1C#N)CC(C)CC2)C(=O)Nc1cccc(C)c1C. The van der Waals surface area contributed by atoms with E-state index in [1.54, 1.807) is 0 Å². The fourth-order valence-electron chi connectivity index (χ4n) is 3.55. The van der Waals surface area contributed by atoms with Crippen LogP contribution < -0.4 is 5.32 Å². The molecular formula is C23H27N3OS. The van der Waals surface area contributed by atoms with Crippen LogP contribution in [0.2, 0.25) is 0 Å². The van der Waals surface area contributed by atoms with Crippen LogP contribution in [0.3, 0.4) is 0 Å². The molecular weight excluding hydrogens is 366 g/mol. The lowest BCUT2D eigenvalue weighted by Crippen LogP contribution is -2.25. The zero-order valence-corrected chi connectivity index (χ0v) is 17.8. The van der Waals surface area contributed by atoms with E-state index in [2.05, 4.69) is 18.3 Å². The third kappa shape index (κ3) is 4.39. The third-order valence-electron chi connectivity index (χ3n) is 5.50. The van der Waals surface area contributed by atoms with Crippen molar-refractivity contribution in [2.75, 3.05) is 5.32 Å². The summed E-state index contributed by atoms with van der Waals surface area (Å²) in [5.74, 6) is 0.587. The van der Waals surface area contributed by atoms with Gasteiger partial charge in [0.2, 0.25) is 5.91 Å². The van der Waals surface area contributed by atoms with Crippen LogP contribution in [0.1, 0.15) is 54.6 Å².